The maximum Gasteiger partial charge on any atom is 0.0640 e. The first-order valence-electron chi connectivity index (χ1n) is 3.80. The lowest BCUT2D eigenvalue weighted by Gasteiger charge is -2.20. The van der Waals surface area contributed by atoms with Gasteiger partial charge in [0.15, 0.2) is 0 Å². The highest BCUT2D eigenvalue weighted by atomic mass is 16.3. The molecule has 2 atom stereocenters. The largest absolute Gasteiger partial charge is 0.392 e. The predicted molar refractivity (Wildman–Crippen MR) is 42.7 cm³/mol. The van der Waals surface area contributed by atoms with Crippen molar-refractivity contribution >= 4 is 0 Å². The molecule has 2 unspecified atom stereocenters. The van der Waals surface area contributed by atoms with Crippen LogP contribution in [0, 0.1) is 5.92 Å². The molecule has 0 heterocycles. The number of hydrogen-bond acceptors (Lipinski definition) is 1. The Morgan fingerprint density at radius 2 is 2.10 bits per heavy atom. The first-order valence-corrected chi connectivity index (χ1v) is 3.80. The van der Waals surface area contributed by atoms with Gasteiger partial charge in [-0.1, -0.05) is 24.3 Å². The van der Waals surface area contributed by atoms with Gasteiger partial charge in [0.05, 0.1) is 6.10 Å². The van der Waals surface area contributed by atoms with Crippen molar-refractivity contribution in [1.82, 2.24) is 0 Å². The predicted octanol–water partition coefficient (Wildman–Crippen LogP) is 1.89. The van der Waals surface area contributed by atoms with Crippen LogP contribution in [0.1, 0.15) is 19.8 Å². The summed E-state index contributed by atoms with van der Waals surface area (Å²) in [6.45, 7) is 1.99. The van der Waals surface area contributed by atoms with Crippen molar-refractivity contribution in [2.45, 2.75) is 25.9 Å². The van der Waals surface area contributed by atoms with Crippen LogP contribution in [0.2, 0.25) is 0 Å². The summed E-state index contributed by atoms with van der Waals surface area (Å²) in [5.74, 6) is 0.356. The molecule has 0 bridgehead atoms. The fraction of sp³-hybridized carbons (Fsp3) is 0.556. The average molecular weight is 138 g/mol. The second-order valence-corrected chi connectivity index (χ2v) is 2.70. The van der Waals surface area contributed by atoms with E-state index in [4.69, 9.17) is 0 Å². The van der Waals surface area contributed by atoms with Crippen molar-refractivity contribution in [3.05, 3.63) is 24.3 Å². The maximum absolute atomic E-state index is 9.40. The highest BCUT2D eigenvalue weighted by molar-refractivity contribution is 5.01. The van der Waals surface area contributed by atoms with Gasteiger partial charge in [-0.3, -0.25) is 0 Å². The molecule has 0 fully saturated rings. The Balaban J connectivity index is 2.50. The molecule has 10 heavy (non-hydrogen) atoms. The third kappa shape index (κ3) is 1.71. The zero-order valence-electron chi connectivity index (χ0n) is 6.33. The molecule has 0 aromatic heterocycles. The van der Waals surface area contributed by atoms with Gasteiger partial charge < -0.3 is 5.11 Å². The van der Waals surface area contributed by atoms with Crippen LogP contribution in [-0.2, 0) is 0 Å². The van der Waals surface area contributed by atoms with E-state index in [1.165, 1.54) is 0 Å². The minimum absolute atomic E-state index is 0.152. The highest BCUT2D eigenvalue weighted by Gasteiger charge is 2.15. The molecular formula is C9H14O. The van der Waals surface area contributed by atoms with E-state index in [-0.39, 0.29) is 6.10 Å². The van der Waals surface area contributed by atoms with Crippen molar-refractivity contribution in [2.75, 3.05) is 0 Å². The third-order valence-electron chi connectivity index (χ3n) is 1.89. The minimum atomic E-state index is -0.152. The van der Waals surface area contributed by atoms with Gasteiger partial charge in [0, 0.05) is 5.92 Å². The van der Waals surface area contributed by atoms with Crippen LogP contribution >= 0.6 is 0 Å². The van der Waals surface area contributed by atoms with Crippen LogP contribution < -0.4 is 0 Å². The van der Waals surface area contributed by atoms with Crippen LogP contribution in [0.25, 0.3) is 0 Å². The van der Waals surface area contributed by atoms with E-state index < -0.39 is 0 Å². The van der Waals surface area contributed by atoms with Gasteiger partial charge in [0.2, 0.25) is 0 Å². The standard InChI is InChI=1S/C9H14O/c1-2-5-8-6-3-4-7-9(8)10/h2-5,8-10H,6-7H2,1H3/b5-2+. The number of hydrogen-bond donors (Lipinski definition) is 1. The first kappa shape index (κ1) is 7.55. The summed E-state index contributed by atoms with van der Waals surface area (Å²) in [5, 5.41) is 9.40. The lowest BCUT2D eigenvalue weighted by atomic mass is 9.91. The van der Waals surface area contributed by atoms with Crippen LogP contribution in [0.3, 0.4) is 0 Å². The van der Waals surface area contributed by atoms with Gasteiger partial charge in [-0.15, -0.1) is 0 Å². The Morgan fingerprint density at radius 1 is 1.40 bits per heavy atom. The summed E-state index contributed by atoms with van der Waals surface area (Å²) in [5.41, 5.74) is 0. The smallest absolute Gasteiger partial charge is 0.0640 e. The zero-order valence-corrected chi connectivity index (χ0v) is 6.33. The van der Waals surface area contributed by atoms with E-state index in [1.807, 2.05) is 19.1 Å². The fourth-order valence-corrected chi connectivity index (χ4v) is 1.27. The average Bonchev–Trinajstić information content (AvgIpc) is 1.94. The van der Waals surface area contributed by atoms with Gasteiger partial charge in [-0.05, 0) is 19.8 Å². The van der Waals surface area contributed by atoms with E-state index in [0.29, 0.717) is 5.92 Å². The number of rotatable bonds is 1. The Morgan fingerprint density at radius 3 is 2.70 bits per heavy atom. The van der Waals surface area contributed by atoms with Crippen LogP contribution in [0.5, 0.6) is 0 Å². The van der Waals surface area contributed by atoms with Crippen molar-refractivity contribution < 1.29 is 5.11 Å². The molecule has 0 spiro atoms. The van der Waals surface area contributed by atoms with Crippen molar-refractivity contribution in [3.8, 4) is 0 Å². The topological polar surface area (TPSA) is 20.2 Å². The SMILES string of the molecule is C/C=C/C1CC=CCC1O. The fourth-order valence-electron chi connectivity index (χ4n) is 1.27. The van der Waals surface area contributed by atoms with E-state index in [1.54, 1.807) is 0 Å². The van der Waals surface area contributed by atoms with E-state index in [2.05, 4.69) is 12.2 Å². The number of allylic oxidation sites excluding steroid dienone is 2. The van der Waals surface area contributed by atoms with Crippen LogP contribution in [0.4, 0.5) is 0 Å². The van der Waals surface area contributed by atoms with Crippen molar-refractivity contribution in [2.24, 2.45) is 5.92 Å². The molecule has 1 aliphatic rings. The lowest BCUT2D eigenvalue weighted by molar-refractivity contribution is 0.129. The minimum Gasteiger partial charge on any atom is -0.392 e. The van der Waals surface area contributed by atoms with E-state index in [9.17, 15) is 5.11 Å². The van der Waals surface area contributed by atoms with Crippen molar-refractivity contribution in [1.29, 1.82) is 0 Å². The Kier molecular flexibility index (Phi) is 2.69. The molecule has 0 radical (unpaired) electrons. The summed E-state index contributed by atoms with van der Waals surface area (Å²) < 4.78 is 0. The molecule has 0 amide bonds. The third-order valence-corrected chi connectivity index (χ3v) is 1.89. The van der Waals surface area contributed by atoms with E-state index in [0.717, 1.165) is 12.8 Å². The lowest BCUT2D eigenvalue weighted by Crippen LogP contribution is -2.19. The van der Waals surface area contributed by atoms with Gasteiger partial charge in [0.25, 0.3) is 0 Å². The molecule has 56 valence electrons. The monoisotopic (exact) mass is 138 g/mol. The van der Waals surface area contributed by atoms with Gasteiger partial charge in [0.1, 0.15) is 0 Å². The van der Waals surface area contributed by atoms with Crippen molar-refractivity contribution in [3.63, 3.8) is 0 Å². The molecule has 1 aliphatic carbocycles. The first-order chi connectivity index (χ1) is 4.84. The molecule has 0 aliphatic heterocycles. The molecule has 1 N–H and O–H groups in total. The molecule has 1 nitrogen and oxygen atoms in total. The van der Waals surface area contributed by atoms with Crippen LogP contribution in [0.15, 0.2) is 24.3 Å². The molecule has 0 aromatic rings. The highest BCUT2D eigenvalue weighted by Crippen LogP contribution is 2.19. The van der Waals surface area contributed by atoms with Gasteiger partial charge in [-0.25, -0.2) is 0 Å². The second kappa shape index (κ2) is 3.57. The Labute approximate surface area is 62.1 Å². The summed E-state index contributed by atoms with van der Waals surface area (Å²) in [4.78, 5) is 0. The normalized spacial score (nSPS) is 33.4. The van der Waals surface area contributed by atoms with Crippen LogP contribution in [-0.4, -0.2) is 11.2 Å². The quantitative estimate of drug-likeness (QED) is 0.548. The Bertz CT molecular complexity index is 147. The molecule has 0 saturated heterocycles. The summed E-state index contributed by atoms with van der Waals surface area (Å²) >= 11 is 0. The van der Waals surface area contributed by atoms with E-state index >= 15 is 0 Å². The number of aliphatic hydroxyl groups excluding tert-OH is 1. The Hall–Kier alpha value is -0.560. The van der Waals surface area contributed by atoms with Gasteiger partial charge >= 0.3 is 0 Å². The molecular weight excluding hydrogens is 124 g/mol. The molecule has 1 rings (SSSR count). The summed E-state index contributed by atoms with van der Waals surface area (Å²) in [6.07, 6.45) is 9.92. The maximum atomic E-state index is 9.40. The zero-order chi connectivity index (χ0) is 7.40. The molecule has 1 heteroatoms. The summed E-state index contributed by atoms with van der Waals surface area (Å²) in [7, 11) is 0. The second-order valence-electron chi connectivity index (χ2n) is 2.70. The number of aliphatic hydroxyl groups is 1. The van der Waals surface area contributed by atoms with Gasteiger partial charge in [-0.2, -0.15) is 0 Å². The molecule has 0 saturated carbocycles. The molecule has 0 aromatic carbocycles. The summed E-state index contributed by atoms with van der Waals surface area (Å²) in [6, 6.07) is 0.